The Morgan fingerprint density at radius 1 is 1.55 bits per heavy atom. The Balaban J connectivity index is 3.08. The normalized spacial score (nSPS) is 9.18. The Hall–Kier alpha value is -0.740. The first kappa shape index (κ1) is 8.36. The van der Waals surface area contributed by atoms with E-state index in [1.807, 2.05) is 12.1 Å². The number of rotatable bonds is 1. The average Bonchev–Trinajstić information content (AvgIpc) is 1.99. The van der Waals surface area contributed by atoms with Crippen molar-refractivity contribution >= 4 is 15.9 Å². The summed E-state index contributed by atoms with van der Waals surface area (Å²) >= 11 is 3.49. The van der Waals surface area contributed by atoms with Gasteiger partial charge in [-0.25, -0.2) is 0 Å². The Morgan fingerprint density at radius 3 is 2.91 bits per heavy atom. The molecule has 11 heavy (non-hydrogen) atoms. The van der Waals surface area contributed by atoms with E-state index >= 15 is 0 Å². The summed E-state index contributed by atoms with van der Waals surface area (Å²) in [6.45, 7) is 2.06. The highest BCUT2D eigenvalue weighted by Crippen LogP contribution is 2.20. The van der Waals surface area contributed by atoms with Crippen LogP contribution >= 0.6 is 15.9 Å². The summed E-state index contributed by atoms with van der Waals surface area (Å²) in [5, 5.41) is 0. The fourth-order valence-electron chi connectivity index (χ4n) is 0.955. The van der Waals surface area contributed by atoms with E-state index in [2.05, 4.69) is 34.8 Å². The van der Waals surface area contributed by atoms with Crippen LogP contribution in [-0.2, 0) is 6.42 Å². The zero-order valence-electron chi connectivity index (χ0n) is 6.39. The van der Waals surface area contributed by atoms with Crippen LogP contribution in [0.4, 0.5) is 0 Å². The topological polar surface area (TPSA) is 0 Å². The molecule has 0 saturated carbocycles. The maximum absolute atomic E-state index is 5.21. The van der Waals surface area contributed by atoms with E-state index in [4.69, 9.17) is 6.42 Å². The Kier molecular flexibility index (Phi) is 2.73. The summed E-state index contributed by atoms with van der Waals surface area (Å²) in [6, 6.07) is 6.12. The van der Waals surface area contributed by atoms with Crippen LogP contribution in [0.3, 0.4) is 0 Å². The van der Waals surface area contributed by atoms with Crippen molar-refractivity contribution in [3.63, 3.8) is 0 Å². The minimum atomic E-state index is 0.697. The molecule has 0 fully saturated rings. The first-order valence-corrected chi connectivity index (χ1v) is 4.22. The summed E-state index contributed by atoms with van der Waals surface area (Å²) in [5.74, 6) is 2.62. The Labute approximate surface area is 75.8 Å². The van der Waals surface area contributed by atoms with Crippen LogP contribution in [0.5, 0.6) is 0 Å². The van der Waals surface area contributed by atoms with Crippen LogP contribution in [0.2, 0.25) is 0 Å². The third-order valence-corrected chi connectivity index (χ3v) is 2.70. The van der Waals surface area contributed by atoms with Gasteiger partial charge in [-0.2, -0.15) is 0 Å². The fraction of sp³-hybridized carbons (Fsp3) is 0.200. The fourth-order valence-corrected chi connectivity index (χ4v) is 1.36. The zero-order chi connectivity index (χ0) is 8.27. The van der Waals surface area contributed by atoms with Crippen molar-refractivity contribution in [1.82, 2.24) is 0 Å². The smallest absolute Gasteiger partial charge is 0.0349 e. The molecule has 0 spiro atoms. The highest BCUT2D eigenvalue weighted by molar-refractivity contribution is 9.10. The lowest BCUT2D eigenvalue weighted by Gasteiger charge is -2.02. The van der Waals surface area contributed by atoms with Crippen molar-refractivity contribution in [2.45, 2.75) is 13.3 Å². The van der Waals surface area contributed by atoms with Crippen LogP contribution in [-0.4, -0.2) is 0 Å². The van der Waals surface area contributed by atoms with Gasteiger partial charge in [-0.15, -0.1) is 12.3 Å². The maximum atomic E-state index is 5.21. The number of hydrogen-bond acceptors (Lipinski definition) is 0. The summed E-state index contributed by atoms with van der Waals surface area (Å²) in [5.41, 5.74) is 2.42. The van der Waals surface area contributed by atoms with Gasteiger partial charge in [0.15, 0.2) is 0 Å². The highest BCUT2D eigenvalue weighted by atomic mass is 79.9. The lowest BCUT2D eigenvalue weighted by Crippen LogP contribution is -1.85. The van der Waals surface area contributed by atoms with Gasteiger partial charge in [0.2, 0.25) is 0 Å². The molecule has 56 valence electrons. The van der Waals surface area contributed by atoms with Crippen LogP contribution in [0.15, 0.2) is 22.7 Å². The predicted octanol–water partition coefficient (Wildman–Crippen LogP) is 2.93. The minimum Gasteiger partial charge on any atom is -0.120 e. The van der Waals surface area contributed by atoms with Gasteiger partial charge in [0, 0.05) is 10.9 Å². The minimum absolute atomic E-state index is 0.697. The van der Waals surface area contributed by atoms with E-state index in [0.717, 1.165) is 4.47 Å². The molecule has 0 heterocycles. The second-order valence-electron chi connectivity index (χ2n) is 2.43. The third kappa shape index (κ3) is 1.85. The molecule has 1 heteroatoms. The van der Waals surface area contributed by atoms with Gasteiger partial charge in [-0.05, 0) is 18.1 Å². The molecular weight excluding hydrogens is 200 g/mol. The van der Waals surface area contributed by atoms with E-state index in [1.54, 1.807) is 0 Å². The van der Waals surface area contributed by atoms with Crippen molar-refractivity contribution in [3.8, 4) is 12.3 Å². The SMILES string of the molecule is C#CCc1cccc(C)c1Br. The summed E-state index contributed by atoms with van der Waals surface area (Å²) in [7, 11) is 0. The van der Waals surface area contributed by atoms with E-state index in [9.17, 15) is 0 Å². The van der Waals surface area contributed by atoms with Crippen molar-refractivity contribution in [3.05, 3.63) is 33.8 Å². The van der Waals surface area contributed by atoms with Crippen molar-refractivity contribution < 1.29 is 0 Å². The van der Waals surface area contributed by atoms with E-state index in [-0.39, 0.29) is 0 Å². The van der Waals surface area contributed by atoms with Crippen LogP contribution in [0, 0.1) is 19.3 Å². The molecular formula is C10H9Br. The summed E-state index contributed by atoms with van der Waals surface area (Å²) in [4.78, 5) is 0. The molecule has 0 N–H and O–H groups in total. The van der Waals surface area contributed by atoms with Gasteiger partial charge in [-0.3, -0.25) is 0 Å². The van der Waals surface area contributed by atoms with Crippen molar-refractivity contribution in [1.29, 1.82) is 0 Å². The predicted molar refractivity (Wildman–Crippen MR) is 51.4 cm³/mol. The second kappa shape index (κ2) is 3.59. The molecule has 1 aromatic rings. The molecule has 0 unspecified atom stereocenters. The zero-order valence-corrected chi connectivity index (χ0v) is 7.98. The summed E-state index contributed by atoms with van der Waals surface area (Å²) in [6.07, 6.45) is 5.91. The first-order valence-electron chi connectivity index (χ1n) is 3.43. The monoisotopic (exact) mass is 208 g/mol. The average molecular weight is 209 g/mol. The largest absolute Gasteiger partial charge is 0.120 e. The lowest BCUT2D eigenvalue weighted by atomic mass is 10.1. The molecule has 1 aromatic carbocycles. The van der Waals surface area contributed by atoms with Gasteiger partial charge in [0.1, 0.15) is 0 Å². The van der Waals surface area contributed by atoms with E-state index < -0.39 is 0 Å². The van der Waals surface area contributed by atoms with Crippen LogP contribution in [0.1, 0.15) is 11.1 Å². The molecule has 0 radical (unpaired) electrons. The molecule has 0 amide bonds. The van der Waals surface area contributed by atoms with Crippen molar-refractivity contribution in [2.24, 2.45) is 0 Å². The quantitative estimate of drug-likeness (QED) is 0.624. The van der Waals surface area contributed by atoms with Gasteiger partial charge < -0.3 is 0 Å². The number of hydrogen-bond donors (Lipinski definition) is 0. The molecule has 0 atom stereocenters. The molecule has 0 aliphatic heterocycles. The van der Waals surface area contributed by atoms with Crippen molar-refractivity contribution in [2.75, 3.05) is 0 Å². The number of benzene rings is 1. The Bertz CT molecular complexity index is 294. The maximum Gasteiger partial charge on any atom is 0.0349 e. The molecule has 0 aliphatic carbocycles. The number of terminal acetylenes is 1. The molecule has 0 nitrogen and oxygen atoms in total. The van der Waals surface area contributed by atoms with Gasteiger partial charge in [-0.1, -0.05) is 34.1 Å². The molecule has 0 aromatic heterocycles. The van der Waals surface area contributed by atoms with E-state index in [1.165, 1.54) is 11.1 Å². The van der Waals surface area contributed by atoms with E-state index in [0.29, 0.717) is 6.42 Å². The lowest BCUT2D eigenvalue weighted by molar-refractivity contribution is 1.26. The van der Waals surface area contributed by atoms with Crippen LogP contribution < -0.4 is 0 Å². The van der Waals surface area contributed by atoms with Gasteiger partial charge >= 0.3 is 0 Å². The number of aryl methyl sites for hydroxylation is 1. The molecule has 1 rings (SSSR count). The van der Waals surface area contributed by atoms with Gasteiger partial charge in [0.05, 0.1) is 0 Å². The van der Waals surface area contributed by atoms with Gasteiger partial charge in [0.25, 0.3) is 0 Å². The number of halogens is 1. The van der Waals surface area contributed by atoms with Crippen LogP contribution in [0.25, 0.3) is 0 Å². The molecule has 0 aliphatic rings. The molecule has 0 bridgehead atoms. The third-order valence-electron chi connectivity index (χ3n) is 1.56. The standard InChI is InChI=1S/C10H9Br/c1-3-5-9-7-4-6-8(2)10(9)11/h1,4,6-7H,5H2,2H3. The molecule has 0 saturated heterocycles. The first-order chi connectivity index (χ1) is 5.25. The second-order valence-corrected chi connectivity index (χ2v) is 3.22. The summed E-state index contributed by atoms with van der Waals surface area (Å²) < 4.78 is 1.14. The highest BCUT2D eigenvalue weighted by Gasteiger charge is 1.98. The Morgan fingerprint density at radius 2 is 2.27 bits per heavy atom.